The van der Waals surface area contributed by atoms with Crippen LogP contribution in [0, 0.1) is 0 Å². The van der Waals surface area contributed by atoms with E-state index in [-0.39, 0.29) is 11.7 Å². The van der Waals surface area contributed by atoms with Gasteiger partial charge in [-0.15, -0.1) is 0 Å². The summed E-state index contributed by atoms with van der Waals surface area (Å²) in [6.45, 7) is 11.2. The molecule has 0 amide bonds. The van der Waals surface area contributed by atoms with Gasteiger partial charge in [0.15, 0.2) is 0 Å². The van der Waals surface area contributed by atoms with Crippen molar-refractivity contribution in [3.63, 3.8) is 0 Å². The minimum Gasteiger partial charge on any atom is -0.375 e. The molecule has 6 heteroatoms. The van der Waals surface area contributed by atoms with Gasteiger partial charge in [0.1, 0.15) is 5.60 Å². The number of piperidine rings is 1. The summed E-state index contributed by atoms with van der Waals surface area (Å²) in [5.41, 5.74) is 2.57. The molecular weight excluding hydrogens is 427 g/mol. The largest absolute Gasteiger partial charge is 0.416 e. The molecular formula is C27H34F3NO2. The number of rotatable bonds is 5. The van der Waals surface area contributed by atoms with Gasteiger partial charge in [0.2, 0.25) is 0 Å². The number of ether oxygens (including phenoxy) is 2. The highest BCUT2D eigenvalue weighted by molar-refractivity contribution is 5.48. The summed E-state index contributed by atoms with van der Waals surface area (Å²) in [5, 5.41) is 0. The average Bonchev–Trinajstić information content (AvgIpc) is 2.77. The molecule has 2 aliphatic heterocycles. The van der Waals surface area contributed by atoms with Crippen LogP contribution in [-0.2, 0) is 21.3 Å². The highest BCUT2D eigenvalue weighted by atomic mass is 19.4. The first-order chi connectivity index (χ1) is 15.6. The molecule has 2 fully saturated rings. The molecule has 0 aromatic heterocycles. The second-order valence-electron chi connectivity index (χ2n) is 9.18. The molecule has 2 aliphatic rings. The summed E-state index contributed by atoms with van der Waals surface area (Å²) in [6.07, 6.45) is -0.116. The summed E-state index contributed by atoms with van der Waals surface area (Å²) in [5.74, 6) is 0.411. The molecule has 2 aromatic rings. The minimum atomic E-state index is -4.23. The molecule has 0 saturated carbocycles. The van der Waals surface area contributed by atoms with Crippen LogP contribution in [-0.4, -0.2) is 44.4 Å². The molecule has 0 spiro atoms. The first-order valence-corrected chi connectivity index (χ1v) is 11.5. The number of likely N-dealkylation sites (tertiary alicyclic amines) is 1. The number of hydrogen-bond donors (Lipinski definition) is 0. The van der Waals surface area contributed by atoms with Gasteiger partial charge in [-0.25, -0.2) is 0 Å². The lowest BCUT2D eigenvalue weighted by molar-refractivity contribution is -0.232. The summed E-state index contributed by atoms with van der Waals surface area (Å²) in [7, 11) is 2.07. The van der Waals surface area contributed by atoms with Crippen molar-refractivity contribution in [1.82, 2.24) is 4.90 Å². The predicted molar refractivity (Wildman–Crippen MR) is 126 cm³/mol. The third kappa shape index (κ3) is 6.69. The lowest BCUT2D eigenvalue weighted by Gasteiger charge is -2.42. The fraction of sp³-hybridized carbons (Fsp3) is 0.481. The Labute approximate surface area is 195 Å². The highest BCUT2D eigenvalue weighted by Crippen LogP contribution is 2.35. The smallest absolute Gasteiger partial charge is 0.375 e. The standard InChI is InChI=1S/C14H18O2.C13H16F3N/c1-4-12-5-7-13(8-6-12)14(9-15-10-14)16-11(2)3;1-17-8-6-11(7-9-17)10-2-4-12(5-3-10)13(14,15)16/h4-8,11H,1,9-10H2,2-3H3;2-5,11H,6-9H2,1H3. The molecule has 180 valence electrons. The van der Waals surface area contributed by atoms with E-state index in [4.69, 9.17) is 9.47 Å². The molecule has 33 heavy (non-hydrogen) atoms. The highest BCUT2D eigenvalue weighted by Gasteiger charge is 2.42. The van der Waals surface area contributed by atoms with Crippen LogP contribution in [0.15, 0.2) is 55.1 Å². The Balaban J connectivity index is 0.000000186. The van der Waals surface area contributed by atoms with Crippen molar-refractivity contribution in [2.45, 2.75) is 50.5 Å². The maximum Gasteiger partial charge on any atom is 0.416 e. The van der Waals surface area contributed by atoms with Crippen molar-refractivity contribution in [1.29, 1.82) is 0 Å². The Morgan fingerprint density at radius 1 is 1.03 bits per heavy atom. The first kappa shape index (κ1) is 25.5. The van der Waals surface area contributed by atoms with Gasteiger partial charge in [0.05, 0.1) is 24.9 Å². The number of halogens is 3. The maximum atomic E-state index is 12.4. The van der Waals surface area contributed by atoms with Crippen LogP contribution in [0.25, 0.3) is 6.08 Å². The SMILES string of the molecule is C=Cc1ccc(C2(OC(C)C)COC2)cc1.CN1CCC(c2ccc(C(F)(F)F)cc2)CC1. The number of alkyl halides is 3. The van der Waals surface area contributed by atoms with Crippen molar-refractivity contribution in [3.05, 3.63) is 77.4 Å². The third-order valence-electron chi connectivity index (χ3n) is 6.23. The van der Waals surface area contributed by atoms with E-state index in [1.54, 1.807) is 12.1 Å². The summed E-state index contributed by atoms with van der Waals surface area (Å²) >= 11 is 0. The van der Waals surface area contributed by atoms with Crippen LogP contribution in [0.5, 0.6) is 0 Å². The van der Waals surface area contributed by atoms with E-state index in [0.717, 1.165) is 37.1 Å². The molecule has 4 rings (SSSR count). The minimum absolute atomic E-state index is 0.211. The molecule has 0 aliphatic carbocycles. The molecule has 0 atom stereocenters. The molecule has 0 unspecified atom stereocenters. The summed E-state index contributed by atoms with van der Waals surface area (Å²) in [6, 6.07) is 13.9. The van der Waals surface area contributed by atoms with Gasteiger partial charge in [-0.3, -0.25) is 0 Å². The van der Waals surface area contributed by atoms with Crippen LogP contribution in [0.3, 0.4) is 0 Å². The van der Waals surface area contributed by atoms with E-state index in [9.17, 15) is 13.2 Å². The van der Waals surface area contributed by atoms with Crippen molar-refractivity contribution in [2.24, 2.45) is 0 Å². The Hall–Kier alpha value is -2.15. The van der Waals surface area contributed by atoms with E-state index in [1.807, 2.05) is 6.08 Å². The van der Waals surface area contributed by atoms with Crippen LogP contribution in [0.1, 0.15) is 54.9 Å². The molecule has 2 saturated heterocycles. The number of hydrogen-bond acceptors (Lipinski definition) is 3. The van der Waals surface area contributed by atoms with Gasteiger partial charge < -0.3 is 14.4 Å². The monoisotopic (exact) mass is 461 g/mol. The zero-order valence-electron chi connectivity index (χ0n) is 19.7. The first-order valence-electron chi connectivity index (χ1n) is 11.5. The average molecular weight is 462 g/mol. The van der Waals surface area contributed by atoms with Crippen molar-refractivity contribution < 1.29 is 22.6 Å². The van der Waals surface area contributed by atoms with Crippen LogP contribution >= 0.6 is 0 Å². The quantitative estimate of drug-likeness (QED) is 0.508. The van der Waals surface area contributed by atoms with Crippen molar-refractivity contribution in [3.8, 4) is 0 Å². The van der Waals surface area contributed by atoms with E-state index in [2.05, 4.69) is 56.6 Å². The van der Waals surface area contributed by atoms with E-state index in [0.29, 0.717) is 19.1 Å². The van der Waals surface area contributed by atoms with Gasteiger partial charge in [0.25, 0.3) is 0 Å². The molecule has 0 N–H and O–H groups in total. The van der Waals surface area contributed by atoms with E-state index in [1.165, 1.54) is 17.7 Å². The second kappa shape index (κ2) is 10.9. The molecule has 0 radical (unpaired) electrons. The fourth-order valence-corrected chi connectivity index (χ4v) is 4.25. The van der Waals surface area contributed by atoms with Crippen LogP contribution in [0.2, 0.25) is 0 Å². The van der Waals surface area contributed by atoms with Gasteiger partial charge >= 0.3 is 6.18 Å². The normalized spacial score (nSPS) is 18.9. The van der Waals surface area contributed by atoms with E-state index < -0.39 is 11.7 Å². The van der Waals surface area contributed by atoms with Crippen molar-refractivity contribution in [2.75, 3.05) is 33.4 Å². The Kier molecular flexibility index (Phi) is 8.38. The summed E-state index contributed by atoms with van der Waals surface area (Å²) < 4.78 is 48.5. The molecule has 2 heterocycles. The fourth-order valence-electron chi connectivity index (χ4n) is 4.25. The van der Waals surface area contributed by atoms with Crippen LogP contribution < -0.4 is 0 Å². The number of nitrogens with zero attached hydrogens (tertiary/aromatic N) is 1. The topological polar surface area (TPSA) is 21.7 Å². The zero-order chi connectivity index (χ0) is 24.1. The maximum absolute atomic E-state index is 12.4. The number of benzene rings is 2. The summed E-state index contributed by atoms with van der Waals surface area (Å²) in [4.78, 5) is 2.25. The van der Waals surface area contributed by atoms with Gasteiger partial charge in [-0.2, -0.15) is 13.2 Å². The van der Waals surface area contributed by atoms with Crippen molar-refractivity contribution >= 4 is 6.08 Å². The second-order valence-corrected chi connectivity index (χ2v) is 9.18. The molecule has 0 bridgehead atoms. The zero-order valence-corrected chi connectivity index (χ0v) is 19.7. The molecule has 2 aromatic carbocycles. The van der Waals surface area contributed by atoms with Crippen LogP contribution in [0.4, 0.5) is 13.2 Å². The van der Waals surface area contributed by atoms with Gasteiger partial charge in [0, 0.05) is 0 Å². The lowest BCUT2D eigenvalue weighted by atomic mass is 9.89. The predicted octanol–water partition coefficient (Wildman–Crippen LogP) is 6.49. The Morgan fingerprint density at radius 2 is 1.61 bits per heavy atom. The lowest BCUT2D eigenvalue weighted by Crippen LogP contribution is -2.50. The van der Waals surface area contributed by atoms with Gasteiger partial charge in [-0.05, 0) is 81.6 Å². The molecule has 3 nitrogen and oxygen atoms in total. The Bertz CT molecular complexity index is 879. The third-order valence-corrected chi connectivity index (χ3v) is 6.23. The van der Waals surface area contributed by atoms with E-state index >= 15 is 0 Å². The van der Waals surface area contributed by atoms with Gasteiger partial charge in [-0.1, -0.05) is 49.1 Å². The Morgan fingerprint density at radius 3 is 2.03 bits per heavy atom.